The molecule has 1 nitrogen and oxygen atoms in total. The van der Waals surface area contributed by atoms with Crippen LogP contribution in [0.2, 0.25) is 0 Å². The van der Waals surface area contributed by atoms with E-state index in [0.29, 0.717) is 0 Å². The summed E-state index contributed by atoms with van der Waals surface area (Å²) in [7, 11) is 1.72. The van der Waals surface area contributed by atoms with E-state index >= 15 is 0 Å². The van der Waals surface area contributed by atoms with Crippen LogP contribution in [-0.4, -0.2) is 36.2 Å². The monoisotopic (exact) mass is 130 g/mol. The van der Waals surface area contributed by atoms with Crippen LogP contribution < -0.4 is 0 Å². The van der Waals surface area contributed by atoms with Gasteiger partial charge in [0.2, 0.25) is 0 Å². The van der Waals surface area contributed by atoms with Crippen molar-refractivity contribution in [1.82, 2.24) is 0 Å². The van der Waals surface area contributed by atoms with Gasteiger partial charge in [-0.25, -0.2) is 0 Å². The average Bonchev–Trinajstić information content (AvgIpc) is 1.00. The third-order valence-electron chi connectivity index (χ3n) is 0. The molecule has 0 amide bonds. The van der Waals surface area contributed by atoms with Crippen LogP contribution in [0.3, 0.4) is 0 Å². The van der Waals surface area contributed by atoms with Crippen LogP contribution in [0.15, 0.2) is 0 Å². The minimum Gasteiger partial charge on any atom is -0.279 e. The second kappa shape index (κ2) is 38.4. The Balaban J connectivity index is -0.00000000167. The number of rotatable bonds is 0. The molecule has 5 heteroatoms. The minimum absolute atomic E-state index is 0. The van der Waals surface area contributed by atoms with Gasteiger partial charge in [-0.1, -0.05) is 0 Å². The van der Waals surface area contributed by atoms with Crippen LogP contribution in [-0.2, 0) is 26.3 Å². The number of hydrogen-bond acceptors (Lipinski definition) is 1. The predicted molar refractivity (Wildman–Crippen MR) is 20.5 cm³/mol. The summed E-state index contributed by atoms with van der Waals surface area (Å²) >= 11 is 0. The van der Waals surface area contributed by atoms with Crippen LogP contribution in [0.25, 0.3) is 0 Å². The first-order valence-electron chi connectivity index (χ1n) is 0.204. The molecule has 0 atom stereocenters. The van der Waals surface area contributed by atoms with Crippen molar-refractivity contribution in [2.75, 3.05) is 0 Å². The Labute approximate surface area is 71.1 Å². The van der Waals surface area contributed by atoms with E-state index in [1.165, 1.54) is 0 Å². The zero-order valence-electron chi connectivity index (χ0n) is 2.99. The van der Waals surface area contributed by atoms with E-state index in [-0.39, 0.29) is 57.9 Å². The van der Waals surface area contributed by atoms with Gasteiger partial charge in [0, 0.05) is 57.9 Å². The quantitative estimate of drug-likeness (QED) is 0.325. The van der Waals surface area contributed by atoms with Gasteiger partial charge in [0.05, 0.1) is 0 Å². The van der Waals surface area contributed by atoms with E-state index in [0.717, 1.165) is 0 Å². The first-order valence-corrected chi connectivity index (χ1v) is 0.612. The Morgan fingerprint density at radius 3 is 1.20 bits per heavy atom. The Hall–Kier alpha value is 1.94. The van der Waals surface area contributed by atoms with Crippen molar-refractivity contribution in [1.29, 1.82) is 0 Å². The maximum Gasteiger partial charge on any atom is 0.138 e. The Bertz CT molecular complexity index is 11.6. The Morgan fingerprint density at radius 2 is 1.20 bits per heavy atom. The van der Waals surface area contributed by atoms with E-state index in [1.54, 1.807) is 9.12 Å². The van der Waals surface area contributed by atoms with Gasteiger partial charge in [-0.15, -0.1) is 0 Å². The molecule has 4 radical (unpaired) electrons. The van der Waals surface area contributed by atoms with Gasteiger partial charge in [0.15, 0.2) is 0 Å². The molecule has 0 N–H and O–H groups in total. The maximum absolute atomic E-state index is 8.06. The van der Waals surface area contributed by atoms with Crippen LogP contribution in [0, 0.1) is 0 Å². The first-order chi connectivity index (χ1) is 1.00. The molecule has 0 saturated heterocycles. The second-order valence-corrected chi connectivity index (χ2v) is 0. The molecule has 0 aromatic rings. The van der Waals surface area contributed by atoms with Crippen molar-refractivity contribution >= 4 is 45.3 Å². The largest absolute Gasteiger partial charge is 0.279 e. The van der Waals surface area contributed by atoms with Crippen molar-refractivity contribution < 1.29 is 26.3 Å². The zero-order valence-corrected chi connectivity index (χ0v) is 6.70. The minimum atomic E-state index is 0. The molecule has 0 fully saturated rings. The van der Waals surface area contributed by atoms with E-state index in [1.807, 2.05) is 0 Å². The Kier molecular flexibility index (Phi) is 218. The van der Waals surface area contributed by atoms with Gasteiger partial charge in [0.25, 0.3) is 0 Å². The number of hydrogen-bond donors (Lipinski definition) is 0. The smallest absolute Gasteiger partial charge is 0.138 e. The van der Waals surface area contributed by atoms with Crippen LogP contribution >= 0.6 is 9.12 Å². The zero-order chi connectivity index (χ0) is 2.00. The van der Waals surface area contributed by atoms with Gasteiger partial charge in [-0.05, 0) is 0 Å². The topological polar surface area (TPSA) is 17.1 Å². The van der Waals surface area contributed by atoms with Crippen LogP contribution in [0.5, 0.6) is 0 Å². The van der Waals surface area contributed by atoms with Gasteiger partial charge < -0.3 is 0 Å². The van der Waals surface area contributed by atoms with Crippen molar-refractivity contribution in [2.24, 2.45) is 0 Å². The summed E-state index contributed by atoms with van der Waals surface area (Å²) in [5.74, 6) is 0. The second-order valence-electron chi connectivity index (χ2n) is 0. The molecule has 0 unspecified atom stereocenters. The van der Waals surface area contributed by atoms with E-state index in [2.05, 4.69) is 0 Å². The van der Waals surface area contributed by atoms with Gasteiger partial charge >= 0.3 is 0 Å². The van der Waals surface area contributed by atoms with Crippen molar-refractivity contribution in [3.05, 3.63) is 0 Å². The molecule has 20 valence electrons. The molecule has 0 heterocycles. The fourth-order valence-corrected chi connectivity index (χ4v) is 0. The maximum atomic E-state index is 8.06. The summed E-state index contributed by atoms with van der Waals surface area (Å²) in [5, 5.41) is 0. The summed E-state index contributed by atoms with van der Waals surface area (Å²) in [4.78, 5) is 0. The molecule has 0 aliphatic carbocycles. The molecule has 0 bridgehead atoms. The molecule has 0 aromatic carbocycles. The fourth-order valence-electron chi connectivity index (χ4n) is 0. The SMILES string of the molecule is O=P.[Al].[Li].[Ti]. The Morgan fingerprint density at radius 1 is 1.20 bits per heavy atom. The van der Waals surface area contributed by atoms with E-state index in [4.69, 9.17) is 4.57 Å². The summed E-state index contributed by atoms with van der Waals surface area (Å²) < 4.78 is 8.06. The van der Waals surface area contributed by atoms with E-state index in [9.17, 15) is 0 Å². The first kappa shape index (κ1) is 28.3. The molecular formula is HAlLiOPTi. The van der Waals surface area contributed by atoms with Gasteiger partial charge in [-0.2, -0.15) is 0 Å². The summed E-state index contributed by atoms with van der Waals surface area (Å²) in [5.41, 5.74) is 0. The predicted octanol–water partition coefficient (Wildman–Crippen LogP) is -0.289. The van der Waals surface area contributed by atoms with E-state index < -0.39 is 0 Å². The molecule has 0 spiro atoms. The third-order valence-corrected chi connectivity index (χ3v) is 0. The van der Waals surface area contributed by atoms with Crippen LogP contribution in [0.1, 0.15) is 0 Å². The molecule has 0 aliphatic heterocycles. The van der Waals surface area contributed by atoms with Gasteiger partial charge in [0.1, 0.15) is 9.12 Å². The van der Waals surface area contributed by atoms with Gasteiger partial charge in [-0.3, -0.25) is 4.57 Å². The molecule has 0 rings (SSSR count). The normalized spacial score (nSPS) is 0.800. The average molecular weight is 130 g/mol. The van der Waals surface area contributed by atoms with Crippen molar-refractivity contribution in [3.63, 3.8) is 0 Å². The summed E-state index contributed by atoms with van der Waals surface area (Å²) in [6, 6.07) is 0. The standard InChI is InChI=1S/Al.Li.HOP.Ti/c;;1-2;/h;;2H;. The summed E-state index contributed by atoms with van der Waals surface area (Å²) in [6.45, 7) is 0. The molecule has 0 aromatic heterocycles. The summed E-state index contributed by atoms with van der Waals surface area (Å²) in [6.07, 6.45) is 0. The fraction of sp³-hybridized carbons (Fsp3) is 0. The van der Waals surface area contributed by atoms with Crippen molar-refractivity contribution in [2.45, 2.75) is 0 Å². The molecule has 0 aliphatic rings. The third kappa shape index (κ3) is 24.5. The molecule has 5 heavy (non-hydrogen) atoms. The molecular weight excluding hydrogens is 129 g/mol. The molecule has 0 saturated carbocycles. The van der Waals surface area contributed by atoms with Crippen molar-refractivity contribution in [3.8, 4) is 0 Å². The van der Waals surface area contributed by atoms with Crippen LogP contribution in [0.4, 0.5) is 0 Å².